The topological polar surface area (TPSA) is 92.9 Å². The Morgan fingerprint density at radius 3 is 2.48 bits per heavy atom. The Kier molecular flexibility index (Phi) is 7.05. The second-order valence-corrected chi connectivity index (χ2v) is 7.45. The van der Waals surface area contributed by atoms with Crippen molar-refractivity contribution in [3.63, 3.8) is 0 Å². The van der Waals surface area contributed by atoms with Gasteiger partial charge in [0.1, 0.15) is 18.1 Å². The smallest absolute Gasteiger partial charge is 0.416 e. The Balaban J connectivity index is 1.67. The van der Waals surface area contributed by atoms with E-state index in [4.69, 9.17) is 14.4 Å². The van der Waals surface area contributed by atoms with E-state index >= 15 is 0 Å². The third-order valence-corrected chi connectivity index (χ3v) is 4.99. The van der Waals surface area contributed by atoms with E-state index in [0.717, 1.165) is 12.1 Å². The van der Waals surface area contributed by atoms with Crippen LogP contribution in [0, 0.1) is 0 Å². The summed E-state index contributed by atoms with van der Waals surface area (Å²) in [4.78, 5) is 24.7. The number of rotatable bonds is 8. The number of halogens is 3. The van der Waals surface area contributed by atoms with Gasteiger partial charge in [-0.1, -0.05) is 29.4 Å². The van der Waals surface area contributed by atoms with E-state index in [1.807, 2.05) is 0 Å². The van der Waals surface area contributed by atoms with Crippen LogP contribution in [0.15, 0.2) is 59.1 Å². The van der Waals surface area contributed by atoms with Gasteiger partial charge in [0.05, 0.1) is 12.0 Å². The molecule has 174 valence electrons. The van der Waals surface area contributed by atoms with Crippen LogP contribution in [0.2, 0.25) is 0 Å². The van der Waals surface area contributed by atoms with Crippen molar-refractivity contribution in [2.45, 2.75) is 32.2 Å². The van der Waals surface area contributed by atoms with Crippen LogP contribution in [0.4, 0.5) is 13.2 Å². The summed E-state index contributed by atoms with van der Waals surface area (Å²) in [5, 5.41) is 12.8. The van der Waals surface area contributed by atoms with Gasteiger partial charge >= 0.3 is 12.1 Å². The fourth-order valence-electron chi connectivity index (χ4n) is 2.98. The minimum atomic E-state index is -4.39. The molecule has 1 amide bonds. The van der Waals surface area contributed by atoms with Gasteiger partial charge < -0.3 is 19.3 Å². The number of alkyl halides is 3. The molecule has 3 aromatic rings. The first-order chi connectivity index (χ1) is 15.5. The summed E-state index contributed by atoms with van der Waals surface area (Å²) < 4.78 is 48.8. The number of aliphatic carboxylic acids is 1. The molecular formula is C23H21F3N2O5. The fourth-order valence-corrected chi connectivity index (χ4v) is 2.98. The van der Waals surface area contributed by atoms with Gasteiger partial charge in [0.2, 0.25) is 5.76 Å². The number of carboxylic acid groups (broad SMARTS) is 1. The van der Waals surface area contributed by atoms with Crippen molar-refractivity contribution in [3.8, 4) is 17.0 Å². The van der Waals surface area contributed by atoms with Crippen LogP contribution < -0.4 is 4.74 Å². The monoisotopic (exact) mass is 462 g/mol. The molecule has 0 aliphatic rings. The van der Waals surface area contributed by atoms with Gasteiger partial charge in [-0.3, -0.25) is 9.59 Å². The maximum atomic E-state index is 12.7. The lowest BCUT2D eigenvalue weighted by Crippen LogP contribution is -2.36. The molecule has 0 aliphatic carbocycles. The highest BCUT2D eigenvalue weighted by Gasteiger charge is 2.30. The van der Waals surface area contributed by atoms with Crippen LogP contribution >= 0.6 is 0 Å². The predicted octanol–water partition coefficient (Wildman–Crippen LogP) is 4.87. The highest BCUT2D eigenvalue weighted by atomic mass is 19.4. The maximum Gasteiger partial charge on any atom is 0.416 e. The van der Waals surface area contributed by atoms with E-state index in [-0.39, 0.29) is 18.8 Å². The molecular weight excluding hydrogens is 441 g/mol. The van der Waals surface area contributed by atoms with E-state index < -0.39 is 29.7 Å². The highest BCUT2D eigenvalue weighted by Crippen LogP contribution is 2.29. The Morgan fingerprint density at radius 1 is 1.15 bits per heavy atom. The maximum absolute atomic E-state index is 12.7. The van der Waals surface area contributed by atoms with E-state index in [2.05, 4.69) is 5.16 Å². The van der Waals surface area contributed by atoms with Crippen molar-refractivity contribution >= 4 is 11.9 Å². The molecule has 1 atom stereocenters. The number of carbonyl (C=O) groups is 2. The Hall–Kier alpha value is -3.82. The zero-order valence-electron chi connectivity index (χ0n) is 17.8. The summed E-state index contributed by atoms with van der Waals surface area (Å²) in [6, 6.07) is 12.4. The number of aromatic nitrogens is 1. The molecule has 0 saturated carbocycles. The molecule has 1 heterocycles. The number of nitrogens with zero attached hydrogens (tertiary/aromatic N) is 2. The zero-order chi connectivity index (χ0) is 24.2. The first-order valence-corrected chi connectivity index (χ1v) is 9.89. The summed E-state index contributed by atoms with van der Waals surface area (Å²) in [5.41, 5.74) is 0.815. The van der Waals surface area contributed by atoms with Gasteiger partial charge in [-0.05, 0) is 36.8 Å². The Bertz CT molecular complexity index is 1130. The minimum Gasteiger partial charge on any atom is -0.489 e. The molecule has 0 bridgehead atoms. The molecule has 0 aliphatic heterocycles. The molecule has 0 fully saturated rings. The number of ether oxygens (including phenoxy) is 1. The molecule has 0 radical (unpaired) electrons. The number of carbonyl (C=O) groups excluding carboxylic acids is 1. The molecule has 7 nitrogen and oxygen atoms in total. The van der Waals surface area contributed by atoms with Crippen LogP contribution in [0.1, 0.15) is 35.0 Å². The van der Waals surface area contributed by atoms with Gasteiger partial charge in [0.25, 0.3) is 5.91 Å². The van der Waals surface area contributed by atoms with Crippen LogP contribution in [0.25, 0.3) is 11.3 Å². The number of carboxylic acids is 1. The molecule has 33 heavy (non-hydrogen) atoms. The van der Waals surface area contributed by atoms with Gasteiger partial charge in [-0.25, -0.2) is 0 Å². The average Bonchev–Trinajstić information content (AvgIpc) is 3.26. The summed E-state index contributed by atoms with van der Waals surface area (Å²) in [6.45, 7) is 1.68. The normalized spacial score (nSPS) is 12.3. The molecule has 1 N–H and O–H groups in total. The van der Waals surface area contributed by atoms with E-state index in [1.165, 1.54) is 30.1 Å². The molecule has 1 aromatic heterocycles. The summed E-state index contributed by atoms with van der Waals surface area (Å²) >= 11 is 0. The Labute approximate surface area is 187 Å². The zero-order valence-corrected chi connectivity index (χ0v) is 17.8. The van der Waals surface area contributed by atoms with Gasteiger partial charge in [0.15, 0.2) is 0 Å². The molecule has 0 saturated heterocycles. The molecule has 10 heteroatoms. The van der Waals surface area contributed by atoms with E-state index in [9.17, 15) is 22.8 Å². The highest BCUT2D eigenvalue weighted by molar-refractivity contribution is 5.92. The van der Waals surface area contributed by atoms with Crippen molar-refractivity contribution in [2.75, 3.05) is 7.05 Å². The van der Waals surface area contributed by atoms with Crippen LogP contribution in [0.5, 0.6) is 5.75 Å². The largest absolute Gasteiger partial charge is 0.489 e. The molecule has 3 rings (SSSR count). The molecule has 0 spiro atoms. The third kappa shape index (κ3) is 6.12. The number of hydrogen-bond acceptors (Lipinski definition) is 5. The Morgan fingerprint density at radius 2 is 1.85 bits per heavy atom. The quantitative estimate of drug-likeness (QED) is 0.513. The van der Waals surface area contributed by atoms with Crippen molar-refractivity contribution in [1.82, 2.24) is 10.1 Å². The van der Waals surface area contributed by atoms with Crippen LogP contribution in [0.3, 0.4) is 0 Å². The second-order valence-electron chi connectivity index (χ2n) is 7.45. The van der Waals surface area contributed by atoms with Gasteiger partial charge in [-0.15, -0.1) is 0 Å². The summed E-state index contributed by atoms with van der Waals surface area (Å²) in [7, 11) is 1.48. The number of benzene rings is 2. The first kappa shape index (κ1) is 23.8. The average molecular weight is 462 g/mol. The predicted molar refractivity (Wildman–Crippen MR) is 112 cm³/mol. The van der Waals surface area contributed by atoms with Crippen LogP contribution in [-0.4, -0.2) is 40.1 Å². The number of amides is 1. The number of hydrogen-bond donors (Lipinski definition) is 1. The summed E-state index contributed by atoms with van der Waals surface area (Å²) in [6.07, 6.45) is -4.60. The van der Waals surface area contributed by atoms with Crippen LogP contribution in [-0.2, 0) is 17.6 Å². The lowest BCUT2D eigenvalue weighted by atomic mass is 10.1. The SMILES string of the molecule is CC(CC(=O)O)N(C)C(=O)c1cc(-c2cccc(OCc3ccc(C(F)(F)F)cc3)c2)no1. The second kappa shape index (κ2) is 9.76. The molecule has 1 unspecified atom stereocenters. The van der Waals surface area contributed by atoms with Crippen molar-refractivity contribution in [2.24, 2.45) is 0 Å². The van der Waals surface area contributed by atoms with Crippen molar-refractivity contribution in [3.05, 3.63) is 71.5 Å². The minimum absolute atomic E-state index is 0.0409. The van der Waals surface area contributed by atoms with Gasteiger partial charge in [-0.2, -0.15) is 13.2 Å². The first-order valence-electron chi connectivity index (χ1n) is 9.89. The standard InChI is InChI=1S/C23H21F3N2O5/c1-14(10-21(29)30)28(2)22(31)20-12-19(27-33-20)16-4-3-5-18(11-16)32-13-15-6-8-17(9-7-15)23(24,25)26/h3-9,11-12,14H,10,13H2,1-2H3,(H,29,30). The van der Waals surface area contributed by atoms with Gasteiger partial charge in [0, 0.05) is 24.7 Å². The van der Waals surface area contributed by atoms with Crippen molar-refractivity contribution in [1.29, 1.82) is 0 Å². The lowest BCUT2D eigenvalue weighted by Gasteiger charge is -2.22. The third-order valence-electron chi connectivity index (χ3n) is 4.99. The van der Waals surface area contributed by atoms with Crippen molar-refractivity contribution < 1.29 is 37.1 Å². The molecule has 2 aromatic carbocycles. The van der Waals surface area contributed by atoms with E-state index in [1.54, 1.807) is 31.2 Å². The lowest BCUT2D eigenvalue weighted by molar-refractivity contribution is -0.138. The fraction of sp³-hybridized carbons (Fsp3) is 0.261. The van der Waals surface area contributed by atoms with E-state index in [0.29, 0.717) is 22.6 Å². The summed E-state index contributed by atoms with van der Waals surface area (Å²) in [5.74, 6) is -1.11.